The number of benzene rings is 2. The zero-order chi connectivity index (χ0) is 16.9. The fraction of sp³-hybridized carbons (Fsp3) is 0.167. The molecule has 3 aromatic rings. The molecule has 3 rings (SSSR count). The van der Waals surface area contributed by atoms with Gasteiger partial charge in [-0.3, -0.25) is 10.1 Å². The van der Waals surface area contributed by atoms with Crippen LogP contribution in [0, 0.1) is 10.1 Å². The first-order valence-corrected chi connectivity index (χ1v) is 7.63. The van der Waals surface area contributed by atoms with E-state index in [1.54, 1.807) is 6.07 Å². The first-order valence-electron chi connectivity index (χ1n) is 7.63. The Morgan fingerprint density at radius 3 is 2.50 bits per heavy atom. The van der Waals surface area contributed by atoms with Crippen LogP contribution in [-0.2, 0) is 13.0 Å². The van der Waals surface area contributed by atoms with Crippen molar-refractivity contribution in [3.63, 3.8) is 0 Å². The van der Waals surface area contributed by atoms with E-state index in [1.165, 1.54) is 17.7 Å². The van der Waals surface area contributed by atoms with Crippen LogP contribution in [0.2, 0.25) is 0 Å². The minimum absolute atomic E-state index is 0.0533. The van der Waals surface area contributed by atoms with Crippen molar-refractivity contribution in [3.05, 3.63) is 75.8 Å². The van der Waals surface area contributed by atoms with Crippen LogP contribution in [0.15, 0.2) is 54.6 Å². The molecule has 0 fully saturated rings. The molecule has 0 atom stereocenters. The maximum atomic E-state index is 10.8. The van der Waals surface area contributed by atoms with Crippen LogP contribution in [0.4, 0.5) is 11.5 Å². The molecule has 0 radical (unpaired) electrons. The van der Waals surface area contributed by atoms with E-state index < -0.39 is 4.92 Å². The zero-order valence-electron chi connectivity index (χ0n) is 13.0. The molecule has 1 heterocycles. The number of pyridine rings is 1. The lowest BCUT2D eigenvalue weighted by molar-refractivity contribution is -0.384. The van der Waals surface area contributed by atoms with Crippen LogP contribution in [0.5, 0.6) is 0 Å². The molecule has 0 aliphatic rings. The molecular formula is C18H17N3O3. The van der Waals surface area contributed by atoms with Crippen molar-refractivity contribution < 1.29 is 10.0 Å². The van der Waals surface area contributed by atoms with Crippen molar-refractivity contribution in [1.29, 1.82) is 0 Å². The molecule has 2 N–H and O–H groups in total. The number of nitrogens with one attached hydrogen (secondary N) is 1. The maximum absolute atomic E-state index is 10.8. The highest BCUT2D eigenvalue weighted by molar-refractivity contribution is 5.82. The maximum Gasteiger partial charge on any atom is 0.270 e. The smallest absolute Gasteiger partial charge is 0.270 e. The van der Waals surface area contributed by atoms with Gasteiger partial charge in [0.2, 0.25) is 0 Å². The van der Waals surface area contributed by atoms with E-state index in [9.17, 15) is 10.1 Å². The van der Waals surface area contributed by atoms with Gasteiger partial charge < -0.3 is 10.4 Å². The Morgan fingerprint density at radius 2 is 1.79 bits per heavy atom. The summed E-state index contributed by atoms with van der Waals surface area (Å²) in [7, 11) is 0. The molecular weight excluding hydrogens is 306 g/mol. The van der Waals surface area contributed by atoms with Crippen LogP contribution in [0.1, 0.15) is 11.1 Å². The fourth-order valence-electron chi connectivity index (χ4n) is 2.47. The van der Waals surface area contributed by atoms with Crippen LogP contribution in [-0.4, -0.2) is 21.6 Å². The largest absolute Gasteiger partial charge is 0.392 e. The van der Waals surface area contributed by atoms with E-state index in [0.29, 0.717) is 0 Å². The molecule has 6 heteroatoms. The predicted molar refractivity (Wildman–Crippen MR) is 93.0 cm³/mol. The number of nitro benzene ring substituents is 1. The second-order valence-corrected chi connectivity index (χ2v) is 5.48. The molecule has 24 heavy (non-hydrogen) atoms. The number of non-ortho nitro benzene ring substituents is 1. The molecule has 0 saturated carbocycles. The highest BCUT2D eigenvalue weighted by Crippen LogP contribution is 2.21. The average Bonchev–Trinajstić information content (AvgIpc) is 2.61. The average molecular weight is 323 g/mol. The number of aliphatic hydroxyl groups excluding tert-OH is 1. The predicted octanol–water partition coefficient (Wildman–Crippen LogP) is 3.29. The Morgan fingerprint density at radius 1 is 1.04 bits per heavy atom. The van der Waals surface area contributed by atoms with Crippen molar-refractivity contribution >= 4 is 22.4 Å². The number of fused-ring (bicyclic) bond motifs is 1. The van der Waals surface area contributed by atoms with Gasteiger partial charge in [0.25, 0.3) is 5.69 Å². The normalized spacial score (nSPS) is 10.7. The highest BCUT2D eigenvalue weighted by atomic mass is 16.6. The van der Waals surface area contributed by atoms with E-state index in [-0.39, 0.29) is 12.3 Å². The second kappa shape index (κ2) is 7.06. The van der Waals surface area contributed by atoms with E-state index in [2.05, 4.69) is 10.3 Å². The van der Waals surface area contributed by atoms with Gasteiger partial charge in [-0.1, -0.05) is 24.3 Å². The lowest BCUT2D eigenvalue weighted by atomic mass is 10.1. The number of nitro groups is 1. The summed E-state index contributed by atoms with van der Waals surface area (Å²) < 4.78 is 0. The standard InChI is InChI=1S/C18H17N3O3/c22-12-14-3-1-13(2-4-14)9-10-19-18-8-5-15-11-16(21(23)24)6-7-17(15)20-18/h1-8,11,22H,9-10,12H2,(H,19,20). The number of hydrogen-bond donors (Lipinski definition) is 2. The highest BCUT2D eigenvalue weighted by Gasteiger charge is 2.07. The molecule has 0 spiro atoms. The van der Waals surface area contributed by atoms with Crippen molar-refractivity contribution in [2.45, 2.75) is 13.0 Å². The third kappa shape index (κ3) is 3.67. The van der Waals surface area contributed by atoms with Crippen molar-refractivity contribution in [2.75, 3.05) is 11.9 Å². The topological polar surface area (TPSA) is 88.3 Å². The van der Waals surface area contributed by atoms with Gasteiger partial charge in [0.05, 0.1) is 17.0 Å². The molecule has 0 bridgehead atoms. The van der Waals surface area contributed by atoms with Gasteiger partial charge in [0.15, 0.2) is 0 Å². The van der Waals surface area contributed by atoms with E-state index in [0.717, 1.165) is 35.2 Å². The van der Waals surface area contributed by atoms with Gasteiger partial charge in [0, 0.05) is 24.1 Å². The molecule has 0 unspecified atom stereocenters. The molecule has 1 aromatic heterocycles. The Bertz CT molecular complexity index is 863. The monoisotopic (exact) mass is 323 g/mol. The number of aliphatic hydroxyl groups is 1. The number of aromatic nitrogens is 1. The summed E-state index contributed by atoms with van der Waals surface area (Å²) in [5, 5.41) is 23.8. The van der Waals surface area contributed by atoms with Gasteiger partial charge in [-0.2, -0.15) is 0 Å². The Labute approximate surface area is 138 Å². The van der Waals surface area contributed by atoms with E-state index >= 15 is 0 Å². The Kier molecular flexibility index (Phi) is 4.67. The van der Waals surface area contributed by atoms with E-state index in [1.807, 2.05) is 36.4 Å². The summed E-state index contributed by atoms with van der Waals surface area (Å²) in [6.07, 6.45) is 0.839. The second-order valence-electron chi connectivity index (χ2n) is 5.48. The summed E-state index contributed by atoms with van der Waals surface area (Å²) in [6.45, 7) is 0.779. The Hall–Kier alpha value is -2.99. The number of anilines is 1. The first kappa shape index (κ1) is 15.9. The molecule has 0 aliphatic carbocycles. The van der Waals surface area contributed by atoms with Crippen LogP contribution < -0.4 is 5.32 Å². The fourth-order valence-corrected chi connectivity index (χ4v) is 2.47. The Balaban J connectivity index is 1.64. The van der Waals surface area contributed by atoms with Gasteiger partial charge in [-0.05, 0) is 35.7 Å². The first-order chi connectivity index (χ1) is 11.7. The summed E-state index contributed by atoms with van der Waals surface area (Å²) in [6, 6.07) is 16.1. The summed E-state index contributed by atoms with van der Waals surface area (Å²) in [4.78, 5) is 14.8. The number of nitrogens with zero attached hydrogens (tertiary/aromatic N) is 2. The van der Waals surface area contributed by atoms with E-state index in [4.69, 9.17) is 5.11 Å². The van der Waals surface area contributed by atoms with Crippen LogP contribution in [0.25, 0.3) is 10.9 Å². The number of rotatable bonds is 6. The summed E-state index contributed by atoms with van der Waals surface area (Å²) in [5.74, 6) is 0.739. The van der Waals surface area contributed by atoms with Gasteiger partial charge in [-0.15, -0.1) is 0 Å². The van der Waals surface area contributed by atoms with Gasteiger partial charge in [0.1, 0.15) is 5.82 Å². The number of hydrogen-bond acceptors (Lipinski definition) is 5. The van der Waals surface area contributed by atoms with Crippen LogP contribution >= 0.6 is 0 Å². The lowest BCUT2D eigenvalue weighted by Crippen LogP contribution is -2.06. The molecule has 0 amide bonds. The third-order valence-electron chi connectivity index (χ3n) is 3.81. The molecule has 6 nitrogen and oxygen atoms in total. The van der Waals surface area contributed by atoms with Gasteiger partial charge >= 0.3 is 0 Å². The third-order valence-corrected chi connectivity index (χ3v) is 3.81. The molecule has 0 saturated heterocycles. The minimum Gasteiger partial charge on any atom is -0.392 e. The summed E-state index contributed by atoms with van der Waals surface area (Å²) >= 11 is 0. The zero-order valence-corrected chi connectivity index (χ0v) is 13.0. The SMILES string of the molecule is O=[N+]([O-])c1ccc2nc(NCCc3ccc(CO)cc3)ccc2c1. The van der Waals surface area contributed by atoms with Crippen molar-refractivity contribution in [3.8, 4) is 0 Å². The molecule has 122 valence electrons. The lowest BCUT2D eigenvalue weighted by Gasteiger charge is -2.07. The van der Waals surface area contributed by atoms with Crippen molar-refractivity contribution in [1.82, 2.24) is 4.98 Å². The van der Waals surface area contributed by atoms with Crippen LogP contribution in [0.3, 0.4) is 0 Å². The van der Waals surface area contributed by atoms with Crippen molar-refractivity contribution in [2.24, 2.45) is 0 Å². The quantitative estimate of drug-likeness (QED) is 0.537. The van der Waals surface area contributed by atoms with Gasteiger partial charge in [-0.25, -0.2) is 4.98 Å². The molecule has 2 aromatic carbocycles. The minimum atomic E-state index is -0.409. The summed E-state index contributed by atoms with van der Waals surface area (Å²) in [5.41, 5.74) is 2.86. The molecule has 0 aliphatic heterocycles.